The summed E-state index contributed by atoms with van der Waals surface area (Å²) in [6.45, 7) is 5.32. The standard InChI is InChI=1S/C27H31FN6O3/c1-14-19(8-31-21-4-3-5-30-25(14)21)18-6-15-7-22(32-9-20(15)24(29)23(18)28)34(27(35)36)26-16-10-33(2)11-17(26)13-37-12-16/h6-9,16-17,26,30H,3-5,10-13,29H2,1-2H3,(H,35,36). The predicted octanol–water partition coefficient (Wildman–Crippen LogP) is 3.75. The number of ether oxygens (including phenoxy) is 1. The van der Waals surface area contributed by atoms with Crippen molar-refractivity contribution in [3.63, 3.8) is 0 Å². The molecule has 37 heavy (non-hydrogen) atoms. The van der Waals surface area contributed by atoms with Crippen LogP contribution >= 0.6 is 0 Å². The summed E-state index contributed by atoms with van der Waals surface area (Å²) < 4.78 is 21.3. The molecule has 3 aliphatic rings. The van der Waals surface area contributed by atoms with Gasteiger partial charge in [0.25, 0.3) is 0 Å². The van der Waals surface area contributed by atoms with E-state index in [1.165, 1.54) is 11.1 Å². The second-order valence-electron chi connectivity index (χ2n) is 10.5. The lowest BCUT2D eigenvalue weighted by Crippen LogP contribution is -2.62. The fraction of sp³-hybridized carbons (Fsp3) is 0.444. The Labute approximate surface area is 214 Å². The minimum atomic E-state index is -1.06. The Morgan fingerprint density at radius 3 is 2.70 bits per heavy atom. The predicted molar refractivity (Wildman–Crippen MR) is 140 cm³/mol. The largest absolute Gasteiger partial charge is 0.465 e. The maximum absolute atomic E-state index is 15.6. The zero-order valence-corrected chi connectivity index (χ0v) is 21.0. The van der Waals surface area contributed by atoms with E-state index in [9.17, 15) is 9.90 Å². The molecule has 2 aromatic heterocycles. The summed E-state index contributed by atoms with van der Waals surface area (Å²) in [6.07, 6.45) is 4.02. The van der Waals surface area contributed by atoms with E-state index in [1.807, 2.05) is 14.0 Å². The van der Waals surface area contributed by atoms with Crippen molar-refractivity contribution in [3.8, 4) is 11.1 Å². The topological polar surface area (TPSA) is 117 Å². The number of nitrogens with zero attached hydrogens (tertiary/aromatic N) is 4. The van der Waals surface area contributed by atoms with Crippen LogP contribution in [0.4, 0.5) is 26.4 Å². The van der Waals surface area contributed by atoms with Crippen LogP contribution in [0.25, 0.3) is 21.9 Å². The number of halogens is 1. The van der Waals surface area contributed by atoms with E-state index in [4.69, 9.17) is 10.5 Å². The molecule has 0 aliphatic carbocycles. The first-order valence-corrected chi connectivity index (χ1v) is 12.7. The highest BCUT2D eigenvalue weighted by Crippen LogP contribution is 2.40. The van der Waals surface area contributed by atoms with E-state index in [1.54, 1.807) is 18.3 Å². The van der Waals surface area contributed by atoms with E-state index < -0.39 is 11.9 Å². The molecule has 6 rings (SSSR count). The maximum Gasteiger partial charge on any atom is 0.413 e. The summed E-state index contributed by atoms with van der Waals surface area (Å²) in [5.74, 6) is -0.140. The number of fused-ring (bicyclic) bond motifs is 4. The summed E-state index contributed by atoms with van der Waals surface area (Å²) in [5.41, 5.74) is 10.1. The molecule has 1 aromatic carbocycles. The number of nitrogens with one attached hydrogen (secondary N) is 1. The highest BCUT2D eigenvalue weighted by atomic mass is 19.1. The number of carbonyl (C=O) groups is 1. The summed E-state index contributed by atoms with van der Waals surface area (Å²) in [6, 6.07) is 3.18. The third-order valence-corrected chi connectivity index (χ3v) is 8.06. The smallest absolute Gasteiger partial charge is 0.413 e. The van der Waals surface area contributed by atoms with E-state index in [2.05, 4.69) is 20.2 Å². The SMILES string of the molecule is Cc1c(-c2cc3cc(N(C(=O)O)C4C5COCC4CN(C)C5)ncc3c(N)c2F)cnc2c1NCCC2. The van der Waals surface area contributed by atoms with E-state index in [0.29, 0.717) is 40.9 Å². The Bertz CT molecular complexity index is 1380. The number of aromatic nitrogens is 2. The molecule has 2 bridgehead atoms. The molecule has 5 heterocycles. The summed E-state index contributed by atoms with van der Waals surface area (Å²) in [4.78, 5) is 25.2. The lowest BCUT2D eigenvalue weighted by molar-refractivity contribution is -0.0494. The molecular formula is C27H31FN6O3. The molecule has 2 atom stereocenters. The van der Waals surface area contributed by atoms with Crippen molar-refractivity contribution in [2.24, 2.45) is 11.8 Å². The van der Waals surface area contributed by atoms with Gasteiger partial charge in [0.1, 0.15) is 5.82 Å². The lowest BCUT2D eigenvalue weighted by Gasteiger charge is -2.49. The minimum absolute atomic E-state index is 0.0111. The quantitative estimate of drug-likeness (QED) is 0.460. The fourth-order valence-electron chi connectivity index (χ4n) is 6.38. The van der Waals surface area contributed by atoms with Crippen LogP contribution in [0.1, 0.15) is 17.7 Å². The Hall–Kier alpha value is -3.50. The number of benzene rings is 1. The highest BCUT2D eigenvalue weighted by Gasteiger charge is 2.45. The molecule has 9 nitrogen and oxygen atoms in total. The third-order valence-electron chi connectivity index (χ3n) is 8.06. The molecule has 0 spiro atoms. The van der Waals surface area contributed by atoms with Crippen LogP contribution in [0.5, 0.6) is 0 Å². The average molecular weight is 507 g/mol. The Morgan fingerprint density at radius 2 is 1.97 bits per heavy atom. The number of likely N-dealkylation sites (tertiary alicyclic amines) is 1. The molecule has 2 fully saturated rings. The summed E-state index contributed by atoms with van der Waals surface area (Å²) in [5, 5.41) is 14.8. The van der Waals surface area contributed by atoms with Crippen molar-refractivity contribution >= 4 is 34.1 Å². The van der Waals surface area contributed by atoms with Crippen molar-refractivity contribution in [2.45, 2.75) is 25.8 Å². The van der Waals surface area contributed by atoms with Gasteiger partial charge in [-0.1, -0.05) is 0 Å². The molecule has 2 unspecified atom stereocenters. The van der Waals surface area contributed by atoms with Crippen LogP contribution in [0.3, 0.4) is 0 Å². The molecule has 3 aliphatic heterocycles. The Kier molecular flexibility index (Phi) is 5.88. The summed E-state index contributed by atoms with van der Waals surface area (Å²) >= 11 is 0. The molecule has 3 aromatic rings. The number of nitrogen functional groups attached to an aromatic ring is 1. The maximum atomic E-state index is 15.6. The molecule has 1 amide bonds. The number of hydrogen-bond acceptors (Lipinski definition) is 7. The Balaban J connectivity index is 1.46. The minimum Gasteiger partial charge on any atom is -0.465 e. The van der Waals surface area contributed by atoms with E-state index in [-0.39, 0.29) is 23.6 Å². The molecule has 4 N–H and O–H groups in total. The van der Waals surface area contributed by atoms with Crippen molar-refractivity contribution in [1.82, 2.24) is 14.9 Å². The van der Waals surface area contributed by atoms with Gasteiger partial charge in [-0.25, -0.2) is 14.2 Å². The van der Waals surface area contributed by atoms with Crippen LogP contribution in [0.15, 0.2) is 24.5 Å². The van der Waals surface area contributed by atoms with Gasteiger partial charge in [0.05, 0.1) is 36.3 Å². The number of pyridine rings is 2. The van der Waals surface area contributed by atoms with Gasteiger partial charge < -0.3 is 25.8 Å². The first kappa shape index (κ1) is 23.9. The van der Waals surface area contributed by atoms with Gasteiger partial charge in [-0.2, -0.15) is 0 Å². The first-order valence-electron chi connectivity index (χ1n) is 12.7. The monoisotopic (exact) mass is 506 g/mol. The van der Waals surface area contributed by atoms with Gasteiger partial charge in [-0.3, -0.25) is 9.88 Å². The number of carboxylic acid groups (broad SMARTS) is 1. The molecule has 2 saturated heterocycles. The van der Waals surface area contributed by atoms with Gasteiger partial charge in [-0.05, 0) is 49.9 Å². The first-order chi connectivity index (χ1) is 17.8. The van der Waals surface area contributed by atoms with Crippen molar-refractivity contribution in [2.75, 3.05) is 55.8 Å². The molecular weight excluding hydrogens is 475 g/mol. The second kappa shape index (κ2) is 9.11. The average Bonchev–Trinajstić information content (AvgIpc) is 2.87. The summed E-state index contributed by atoms with van der Waals surface area (Å²) in [7, 11) is 2.05. The number of amides is 1. The van der Waals surface area contributed by atoms with Crippen LogP contribution in [0.2, 0.25) is 0 Å². The third kappa shape index (κ3) is 3.95. The van der Waals surface area contributed by atoms with Gasteiger partial charge in [0.2, 0.25) is 0 Å². The van der Waals surface area contributed by atoms with Crippen LogP contribution in [-0.4, -0.2) is 72.0 Å². The fourth-order valence-corrected chi connectivity index (χ4v) is 6.38. The number of piperidine rings is 1. The van der Waals surface area contributed by atoms with Crippen molar-refractivity contribution < 1.29 is 19.0 Å². The molecule has 194 valence electrons. The molecule has 0 saturated carbocycles. The number of aryl methyl sites for hydroxylation is 1. The molecule has 10 heteroatoms. The van der Waals surface area contributed by atoms with Gasteiger partial charge >= 0.3 is 6.09 Å². The molecule has 0 radical (unpaired) electrons. The van der Waals surface area contributed by atoms with Crippen LogP contribution < -0.4 is 16.0 Å². The van der Waals surface area contributed by atoms with E-state index in [0.717, 1.165) is 49.4 Å². The van der Waals surface area contributed by atoms with Gasteiger partial charge in [0.15, 0.2) is 5.82 Å². The number of hydrogen-bond donors (Lipinski definition) is 3. The lowest BCUT2D eigenvalue weighted by atomic mass is 9.81. The van der Waals surface area contributed by atoms with Gasteiger partial charge in [0, 0.05) is 60.4 Å². The second-order valence-corrected chi connectivity index (χ2v) is 10.5. The Morgan fingerprint density at radius 1 is 1.22 bits per heavy atom. The normalized spacial score (nSPS) is 23.4. The number of rotatable bonds is 3. The van der Waals surface area contributed by atoms with Crippen LogP contribution in [0, 0.1) is 24.6 Å². The van der Waals surface area contributed by atoms with Gasteiger partial charge in [-0.15, -0.1) is 0 Å². The van der Waals surface area contributed by atoms with E-state index >= 15 is 4.39 Å². The highest BCUT2D eigenvalue weighted by molar-refractivity contribution is 5.99. The van der Waals surface area contributed by atoms with Crippen LogP contribution in [-0.2, 0) is 11.2 Å². The number of anilines is 3. The van der Waals surface area contributed by atoms with Crippen molar-refractivity contribution in [3.05, 3.63) is 41.6 Å². The number of nitrogens with two attached hydrogens (primary N) is 1. The zero-order valence-electron chi connectivity index (χ0n) is 21.0. The van der Waals surface area contributed by atoms with Crippen molar-refractivity contribution in [1.29, 1.82) is 0 Å². The zero-order chi connectivity index (χ0) is 25.8.